The van der Waals surface area contributed by atoms with Crippen molar-refractivity contribution in [3.63, 3.8) is 0 Å². The van der Waals surface area contributed by atoms with Crippen molar-refractivity contribution in [1.29, 1.82) is 0 Å². The van der Waals surface area contributed by atoms with Gasteiger partial charge in [-0.15, -0.1) is 0 Å². The van der Waals surface area contributed by atoms with Crippen LogP contribution in [-0.4, -0.2) is 33.3 Å². The zero-order chi connectivity index (χ0) is 27.8. The maximum atomic E-state index is 11.7. The summed E-state index contributed by atoms with van der Waals surface area (Å²) in [6, 6.07) is 16.4. The minimum Gasteiger partial charge on any atom is -0.493 e. The number of hydrogen-bond donors (Lipinski definition) is 0. The van der Waals surface area contributed by atoms with E-state index in [0.29, 0.717) is 6.42 Å². The summed E-state index contributed by atoms with van der Waals surface area (Å²) in [6.07, 6.45) is 9.91. The Morgan fingerprint density at radius 2 is 1.26 bits per heavy atom. The van der Waals surface area contributed by atoms with Crippen LogP contribution in [0.5, 0.6) is 5.75 Å². The molecule has 38 heavy (non-hydrogen) atoms. The minimum atomic E-state index is -3.88. The van der Waals surface area contributed by atoms with Crippen molar-refractivity contribution >= 4 is 26.7 Å². The molecule has 0 radical (unpaired) electrons. The number of benzene rings is 2. The zero-order valence-electron chi connectivity index (χ0n) is 23.3. The van der Waals surface area contributed by atoms with E-state index in [1.807, 2.05) is 18.2 Å². The normalized spacial score (nSPS) is 11.1. The second-order valence-corrected chi connectivity index (χ2v) is 11.9. The summed E-state index contributed by atoms with van der Waals surface area (Å²) in [5, 5.41) is 0. The Hall–Kier alpha value is -3.13. The summed E-state index contributed by atoms with van der Waals surface area (Å²) in [4.78, 5) is 35.2. The predicted molar refractivity (Wildman–Crippen MR) is 150 cm³/mol. The summed E-state index contributed by atoms with van der Waals surface area (Å²) >= 11 is 0. The van der Waals surface area contributed by atoms with E-state index in [4.69, 9.17) is 18.0 Å². The fourth-order valence-corrected chi connectivity index (χ4v) is 6.73. The topological polar surface area (TPSA) is 88.1 Å². The van der Waals surface area contributed by atoms with Gasteiger partial charge in [-0.3, -0.25) is 14.4 Å². The molecular weight excluding hydrogens is 500 g/mol. The van der Waals surface area contributed by atoms with Gasteiger partial charge in [0.05, 0.1) is 12.7 Å². The molecule has 0 saturated carbocycles. The molecule has 0 amide bonds. The molecule has 0 aliphatic carbocycles. The third-order valence-electron chi connectivity index (χ3n) is 6.00. The molecule has 0 bridgehead atoms. The number of hydrogen-bond acceptors (Lipinski definition) is 7. The molecule has 0 fully saturated rings. The van der Waals surface area contributed by atoms with E-state index in [0.717, 1.165) is 35.3 Å². The van der Waals surface area contributed by atoms with Gasteiger partial charge in [-0.1, -0.05) is 94.0 Å². The summed E-state index contributed by atoms with van der Waals surface area (Å²) in [6.45, 7) is 6.07. The molecule has 2 aromatic carbocycles. The quantitative estimate of drug-likeness (QED) is 0.156. The van der Waals surface area contributed by atoms with E-state index in [9.17, 15) is 14.4 Å². The first-order valence-electron chi connectivity index (χ1n) is 13.6. The standard InChI is InChI=1S/C30H42O7Si/c1-5-6-7-8-9-10-12-19-28-20-15-21-29(27-17-13-11-14-18-27)30(28)34-22-16-23-38(35-24(2)31,36-25(3)32)37-26(4)33/h11,13-15,17-18,20-21H,5-10,12,16,19,22-23H2,1-4H3. The fraction of sp³-hybridized carbons (Fsp3) is 0.500. The van der Waals surface area contributed by atoms with Crippen LogP contribution < -0.4 is 4.74 Å². The number of para-hydroxylation sites is 1. The highest BCUT2D eigenvalue weighted by Gasteiger charge is 2.51. The second-order valence-electron chi connectivity index (χ2n) is 9.45. The van der Waals surface area contributed by atoms with Gasteiger partial charge in [0.25, 0.3) is 17.9 Å². The first-order chi connectivity index (χ1) is 18.3. The lowest BCUT2D eigenvalue weighted by molar-refractivity contribution is -0.147. The van der Waals surface area contributed by atoms with Gasteiger partial charge in [-0.25, -0.2) is 0 Å². The molecule has 0 unspecified atom stereocenters. The number of rotatable bonds is 17. The van der Waals surface area contributed by atoms with Gasteiger partial charge < -0.3 is 18.0 Å². The molecule has 0 aliphatic heterocycles. The van der Waals surface area contributed by atoms with Gasteiger partial charge in [0.2, 0.25) is 0 Å². The van der Waals surface area contributed by atoms with Crippen LogP contribution in [0.4, 0.5) is 0 Å². The maximum Gasteiger partial charge on any atom is 0.705 e. The van der Waals surface area contributed by atoms with E-state index in [1.54, 1.807) is 0 Å². The lowest BCUT2D eigenvalue weighted by Gasteiger charge is -2.26. The average molecular weight is 543 g/mol. The van der Waals surface area contributed by atoms with Crippen molar-refractivity contribution in [3.8, 4) is 16.9 Å². The summed E-state index contributed by atoms with van der Waals surface area (Å²) in [5.74, 6) is -1.20. The lowest BCUT2D eigenvalue weighted by Crippen LogP contribution is -2.49. The predicted octanol–water partition coefficient (Wildman–Crippen LogP) is 7.04. The second kappa shape index (κ2) is 16.7. The Bertz CT molecular complexity index is 982. The fourth-order valence-electron chi connectivity index (χ4n) is 4.41. The molecule has 0 N–H and O–H groups in total. The molecule has 2 rings (SSSR count). The highest BCUT2D eigenvalue weighted by molar-refractivity contribution is 6.65. The van der Waals surface area contributed by atoms with Crippen LogP contribution in [0.1, 0.15) is 84.6 Å². The average Bonchev–Trinajstić information content (AvgIpc) is 2.85. The van der Waals surface area contributed by atoms with Crippen LogP contribution in [-0.2, 0) is 34.1 Å². The first kappa shape index (κ1) is 31.1. The van der Waals surface area contributed by atoms with Gasteiger partial charge in [0.1, 0.15) is 5.75 Å². The van der Waals surface area contributed by atoms with Crippen molar-refractivity contribution in [2.75, 3.05) is 6.61 Å². The molecule has 0 saturated heterocycles. The molecule has 208 valence electrons. The third kappa shape index (κ3) is 11.1. The van der Waals surface area contributed by atoms with Crippen LogP contribution >= 0.6 is 0 Å². The summed E-state index contributed by atoms with van der Waals surface area (Å²) in [7, 11) is -3.88. The van der Waals surface area contributed by atoms with Crippen molar-refractivity contribution in [3.05, 3.63) is 54.1 Å². The molecule has 0 spiro atoms. The van der Waals surface area contributed by atoms with Gasteiger partial charge >= 0.3 is 8.80 Å². The Labute approximate surface area is 228 Å². The molecule has 0 aliphatic rings. The lowest BCUT2D eigenvalue weighted by atomic mass is 9.98. The number of ether oxygens (including phenoxy) is 1. The first-order valence-corrected chi connectivity index (χ1v) is 15.6. The molecule has 0 aromatic heterocycles. The van der Waals surface area contributed by atoms with Crippen LogP contribution in [0, 0.1) is 0 Å². The molecule has 2 aromatic rings. The van der Waals surface area contributed by atoms with Crippen LogP contribution in [0.2, 0.25) is 6.04 Å². The Balaban J connectivity index is 2.14. The van der Waals surface area contributed by atoms with E-state index in [-0.39, 0.29) is 12.7 Å². The molecule has 8 heteroatoms. The Morgan fingerprint density at radius 1 is 0.684 bits per heavy atom. The van der Waals surface area contributed by atoms with Crippen LogP contribution in [0.3, 0.4) is 0 Å². The van der Waals surface area contributed by atoms with Crippen molar-refractivity contribution in [2.24, 2.45) is 0 Å². The largest absolute Gasteiger partial charge is 0.705 e. The Kier molecular flexibility index (Phi) is 13.6. The number of unbranched alkanes of at least 4 members (excludes halogenated alkanes) is 6. The molecule has 0 heterocycles. The molecular formula is C30H42O7Si. The van der Waals surface area contributed by atoms with E-state index >= 15 is 0 Å². The van der Waals surface area contributed by atoms with Gasteiger partial charge in [-0.05, 0) is 30.4 Å². The molecule has 7 nitrogen and oxygen atoms in total. The van der Waals surface area contributed by atoms with Gasteiger partial charge in [0.15, 0.2) is 0 Å². The number of carbonyl (C=O) groups is 3. The van der Waals surface area contributed by atoms with E-state index < -0.39 is 26.7 Å². The molecule has 0 atom stereocenters. The van der Waals surface area contributed by atoms with Crippen molar-refractivity contribution < 1.29 is 32.4 Å². The highest BCUT2D eigenvalue weighted by atomic mass is 28.4. The SMILES string of the molecule is CCCCCCCCCc1cccc(-c2ccccc2)c1OCCC[Si](OC(C)=O)(OC(C)=O)OC(C)=O. The Morgan fingerprint density at radius 3 is 1.84 bits per heavy atom. The van der Waals surface area contributed by atoms with Crippen LogP contribution in [0.15, 0.2) is 48.5 Å². The monoisotopic (exact) mass is 542 g/mol. The summed E-state index contributed by atoms with van der Waals surface area (Å²) in [5.41, 5.74) is 3.21. The zero-order valence-corrected chi connectivity index (χ0v) is 24.3. The van der Waals surface area contributed by atoms with Crippen molar-refractivity contribution in [2.45, 2.75) is 91.5 Å². The summed E-state index contributed by atoms with van der Waals surface area (Å²) < 4.78 is 22.2. The van der Waals surface area contributed by atoms with Gasteiger partial charge in [0, 0.05) is 26.3 Å². The minimum absolute atomic E-state index is 0.0757. The van der Waals surface area contributed by atoms with E-state index in [1.165, 1.54) is 59.3 Å². The third-order valence-corrected chi connectivity index (χ3v) is 8.76. The number of aryl methyl sites for hydroxylation is 1. The number of carbonyl (C=O) groups excluding carboxylic acids is 3. The smallest absolute Gasteiger partial charge is 0.493 e. The van der Waals surface area contributed by atoms with E-state index in [2.05, 4.69) is 37.3 Å². The van der Waals surface area contributed by atoms with Crippen LogP contribution in [0.25, 0.3) is 11.1 Å². The highest BCUT2D eigenvalue weighted by Crippen LogP contribution is 2.34. The van der Waals surface area contributed by atoms with Gasteiger partial charge in [-0.2, -0.15) is 0 Å². The maximum absolute atomic E-state index is 11.7. The van der Waals surface area contributed by atoms with Crippen molar-refractivity contribution in [1.82, 2.24) is 0 Å².